The Kier molecular flexibility index (Phi) is 9.22. The second-order valence-corrected chi connectivity index (χ2v) is 8.71. The van der Waals surface area contributed by atoms with Gasteiger partial charge in [-0.15, -0.1) is 0 Å². The van der Waals surface area contributed by atoms with E-state index in [9.17, 15) is 19.5 Å². The average molecular weight is 525 g/mol. The Morgan fingerprint density at radius 2 is 1.59 bits per heavy atom. The molecule has 0 aliphatic carbocycles. The number of nitrogens with one attached hydrogen (secondary N) is 3. The topological polar surface area (TPSA) is 130 Å². The van der Waals surface area contributed by atoms with E-state index in [2.05, 4.69) is 20.9 Å². The lowest BCUT2D eigenvalue weighted by molar-refractivity contribution is -0.139. The van der Waals surface area contributed by atoms with Gasteiger partial charge in [0.15, 0.2) is 0 Å². The molecule has 4 N–H and O–H groups in total. The molecular formula is C30H28N4O5. The third kappa shape index (κ3) is 8.43. The highest BCUT2D eigenvalue weighted by Crippen LogP contribution is 2.23. The number of alkyl carbamates (subject to hydrolysis) is 1. The van der Waals surface area contributed by atoms with E-state index < -0.39 is 18.1 Å². The number of hydrogen-bond donors (Lipinski definition) is 4. The molecule has 198 valence electrons. The summed E-state index contributed by atoms with van der Waals surface area (Å²) in [6, 6.07) is 27.9. The Hall–Kier alpha value is -5.18. The van der Waals surface area contributed by atoms with Gasteiger partial charge in [-0.2, -0.15) is 0 Å². The number of carbonyl (C=O) groups excluding carboxylic acids is 2. The van der Waals surface area contributed by atoms with Crippen molar-refractivity contribution in [3.05, 3.63) is 120 Å². The fraction of sp³-hybridized carbons (Fsp3) is 0.133. The van der Waals surface area contributed by atoms with Crippen LogP contribution in [0.3, 0.4) is 0 Å². The highest BCUT2D eigenvalue weighted by atomic mass is 16.5. The minimum Gasteiger partial charge on any atom is -0.480 e. The summed E-state index contributed by atoms with van der Waals surface area (Å²) >= 11 is 0. The van der Waals surface area contributed by atoms with E-state index in [1.54, 1.807) is 12.3 Å². The van der Waals surface area contributed by atoms with E-state index in [1.165, 1.54) is 0 Å². The molecule has 1 aromatic heterocycles. The lowest BCUT2D eigenvalue weighted by Crippen LogP contribution is -2.42. The quantitative estimate of drug-likeness (QED) is 0.231. The number of pyridine rings is 1. The minimum absolute atomic E-state index is 0.0491. The van der Waals surface area contributed by atoms with Gasteiger partial charge in [-0.3, -0.25) is 4.98 Å². The average Bonchev–Trinajstić information content (AvgIpc) is 2.96. The molecule has 0 bridgehead atoms. The van der Waals surface area contributed by atoms with Crippen LogP contribution in [0.5, 0.6) is 0 Å². The molecule has 3 amide bonds. The molecule has 0 aliphatic heterocycles. The Morgan fingerprint density at radius 1 is 0.821 bits per heavy atom. The monoisotopic (exact) mass is 524 g/mol. The maximum Gasteiger partial charge on any atom is 0.408 e. The first-order chi connectivity index (χ1) is 19.0. The zero-order chi connectivity index (χ0) is 27.5. The van der Waals surface area contributed by atoms with Crippen LogP contribution in [0.4, 0.5) is 15.3 Å². The second kappa shape index (κ2) is 13.4. The highest BCUT2D eigenvalue weighted by molar-refractivity contribution is 5.90. The maximum absolute atomic E-state index is 12.3. The van der Waals surface area contributed by atoms with E-state index in [0.717, 1.165) is 27.9 Å². The molecule has 9 nitrogen and oxygen atoms in total. The SMILES string of the molecule is O=C(NCc1ccccn1)Nc1cccc(-c2ccc(C[C@@H](NC(=O)OCc3ccccc3)C(=O)O)cc2)c1. The Balaban J connectivity index is 1.31. The van der Waals surface area contributed by atoms with E-state index in [4.69, 9.17) is 4.74 Å². The van der Waals surface area contributed by atoms with Gasteiger partial charge in [0, 0.05) is 18.3 Å². The molecule has 0 unspecified atom stereocenters. The van der Waals surface area contributed by atoms with Crippen LogP contribution in [-0.2, 0) is 29.1 Å². The first-order valence-electron chi connectivity index (χ1n) is 12.3. The van der Waals surface area contributed by atoms with E-state index in [-0.39, 0.29) is 19.1 Å². The van der Waals surface area contributed by atoms with Crippen LogP contribution in [0.25, 0.3) is 11.1 Å². The summed E-state index contributed by atoms with van der Waals surface area (Å²) in [7, 11) is 0. The third-order valence-corrected chi connectivity index (χ3v) is 5.81. The summed E-state index contributed by atoms with van der Waals surface area (Å²) < 4.78 is 5.15. The number of carboxylic acids is 1. The smallest absolute Gasteiger partial charge is 0.408 e. The molecular weight excluding hydrogens is 496 g/mol. The van der Waals surface area contributed by atoms with Crippen molar-refractivity contribution in [1.82, 2.24) is 15.6 Å². The molecule has 0 saturated heterocycles. The molecule has 0 saturated carbocycles. The van der Waals surface area contributed by atoms with Crippen LogP contribution in [-0.4, -0.2) is 34.2 Å². The Bertz CT molecular complexity index is 1400. The lowest BCUT2D eigenvalue weighted by atomic mass is 10.0. The number of carboxylic acid groups (broad SMARTS) is 1. The normalized spacial score (nSPS) is 11.2. The minimum atomic E-state index is -1.16. The standard InChI is InChI=1S/C30H28N4O5/c35-28(36)27(34-30(38)39-20-22-7-2-1-3-8-22)17-21-12-14-23(15-13-21)24-9-6-11-25(18-24)33-29(37)32-19-26-10-4-5-16-31-26/h1-16,18,27H,17,19-20H2,(H,34,38)(H,35,36)(H2,32,33,37)/t27-/m1/s1. The summed E-state index contributed by atoms with van der Waals surface area (Å²) in [5, 5.41) is 17.6. The maximum atomic E-state index is 12.3. The number of carbonyl (C=O) groups is 3. The predicted octanol–water partition coefficient (Wildman–Crippen LogP) is 4.99. The van der Waals surface area contributed by atoms with Gasteiger partial charge in [0.05, 0.1) is 12.2 Å². The lowest BCUT2D eigenvalue weighted by Gasteiger charge is -2.15. The van der Waals surface area contributed by atoms with E-state index >= 15 is 0 Å². The molecule has 39 heavy (non-hydrogen) atoms. The van der Waals surface area contributed by atoms with Crippen molar-refractivity contribution in [2.75, 3.05) is 5.32 Å². The number of nitrogens with zero attached hydrogens (tertiary/aromatic N) is 1. The number of anilines is 1. The predicted molar refractivity (Wildman–Crippen MR) is 147 cm³/mol. The zero-order valence-electron chi connectivity index (χ0n) is 21.0. The van der Waals surface area contributed by atoms with Crippen LogP contribution in [0, 0.1) is 0 Å². The van der Waals surface area contributed by atoms with Crippen LogP contribution < -0.4 is 16.0 Å². The number of aromatic nitrogens is 1. The first kappa shape index (κ1) is 26.9. The van der Waals surface area contributed by atoms with Gasteiger partial charge < -0.3 is 25.8 Å². The summed E-state index contributed by atoms with van der Waals surface area (Å²) in [5.74, 6) is -1.16. The molecule has 0 fully saturated rings. The zero-order valence-corrected chi connectivity index (χ0v) is 21.0. The third-order valence-electron chi connectivity index (χ3n) is 5.81. The van der Waals surface area contributed by atoms with Gasteiger partial charge in [-0.25, -0.2) is 14.4 Å². The number of aliphatic carboxylic acids is 1. The summed E-state index contributed by atoms with van der Waals surface area (Å²) in [5.41, 5.74) is 4.68. The number of ether oxygens (including phenoxy) is 1. The number of urea groups is 1. The van der Waals surface area contributed by atoms with Crippen LogP contribution in [0.2, 0.25) is 0 Å². The number of hydrogen-bond acceptors (Lipinski definition) is 5. The van der Waals surface area contributed by atoms with Crippen LogP contribution in [0.15, 0.2) is 103 Å². The van der Waals surface area contributed by atoms with Crippen molar-refractivity contribution in [2.45, 2.75) is 25.6 Å². The van der Waals surface area contributed by atoms with Crippen molar-refractivity contribution in [1.29, 1.82) is 0 Å². The van der Waals surface area contributed by atoms with Crippen LogP contribution in [0.1, 0.15) is 16.8 Å². The highest BCUT2D eigenvalue weighted by Gasteiger charge is 2.21. The Morgan fingerprint density at radius 3 is 2.31 bits per heavy atom. The first-order valence-corrected chi connectivity index (χ1v) is 12.3. The van der Waals surface area contributed by atoms with Gasteiger partial charge in [0.1, 0.15) is 12.6 Å². The molecule has 1 heterocycles. The number of rotatable bonds is 10. The van der Waals surface area contributed by atoms with Gasteiger partial charge in [0.2, 0.25) is 0 Å². The summed E-state index contributed by atoms with van der Waals surface area (Å²) in [4.78, 5) is 40.4. The Labute approximate surface area is 225 Å². The van der Waals surface area contributed by atoms with Crippen molar-refractivity contribution in [3.63, 3.8) is 0 Å². The van der Waals surface area contributed by atoms with Gasteiger partial charge >= 0.3 is 18.1 Å². The van der Waals surface area contributed by atoms with Crippen molar-refractivity contribution in [3.8, 4) is 11.1 Å². The van der Waals surface area contributed by atoms with Gasteiger partial charge in [-0.05, 0) is 46.5 Å². The van der Waals surface area contributed by atoms with E-state index in [1.807, 2.05) is 91.0 Å². The second-order valence-electron chi connectivity index (χ2n) is 8.71. The van der Waals surface area contributed by atoms with E-state index in [0.29, 0.717) is 12.2 Å². The van der Waals surface area contributed by atoms with Crippen molar-refractivity contribution < 1.29 is 24.2 Å². The molecule has 0 spiro atoms. The van der Waals surface area contributed by atoms with Gasteiger partial charge in [-0.1, -0.05) is 72.8 Å². The molecule has 1 atom stereocenters. The number of benzene rings is 3. The van der Waals surface area contributed by atoms with Gasteiger partial charge in [0.25, 0.3) is 0 Å². The largest absolute Gasteiger partial charge is 0.480 e. The number of amides is 3. The molecule has 0 radical (unpaired) electrons. The molecule has 4 rings (SSSR count). The molecule has 0 aliphatic rings. The van der Waals surface area contributed by atoms with Crippen LogP contribution >= 0.6 is 0 Å². The summed E-state index contributed by atoms with van der Waals surface area (Å²) in [6.07, 6.45) is 0.966. The molecule has 4 aromatic rings. The molecule has 3 aromatic carbocycles. The fourth-order valence-electron chi connectivity index (χ4n) is 3.80. The fourth-order valence-corrected chi connectivity index (χ4v) is 3.80. The summed E-state index contributed by atoms with van der Waals surface area (Å²) in [6.45, 7) is 0.359. The molecule has 9 heteroatoms. The van der Waals surface area contributed by atoms with Crippen molar-refractivity contribution >= 4 is 23.8 Å². The van der Waals surface area contributed by atoms with Crippen molar-refractivity contribution in [2.24, 2.45) is 0 Å².